The molecule has 0 saturated carbocycles. The Labute approximate surface area is 177 Å². The van der Waals surface area contributed by atoms with Crippen molar-refractivity contribution in [3.8, 4) is 11.3 Å². The van der Waals surface area contributed by atoms with Crippen LogP contribution in [0.1, 0.15) is 16.1 Å². The molecule has 5 nitrogen and oxygen atoms in total. The highest BCUT2D eigenvalue weighted by Crippen LogP contribution is 2.29. The van der Waals surface area contributed by atoms with Crippen molar-refractivity contribution in [3.63, 3.8) is 0 Å². The quantitative estimate of drug-likeness (QED) is 0.557. The van der Waals surface area contributed by atoms with E-state index in [1.807, 2.05) is 22.9 Å². The standard InChI is InChI=1S/C21H22FN3O2S2/c22-17-6-4-16(5-7-17)18-15-29-21(23-18)25(20(26)19-3-1-14-28-19)9-2-8-24-10-12-27-13-11-24/h1,3-7,14-15H,2,8-13H2. The van der Waals surface area contributed by atoms with Gasteiger partial charge in [0, 0.05) is 37.1 Å². The molecule has 1 amide bonds. The average Bonchev–Trinajstić information content (AvgIpc) is 3.45. The summed E-state index contributed by atoms with van der Waals surface area (Å²) in [5, 5.41) is 4.49. The summed E-state index contributed by atoms with van der Waals surface area (Å²) in [6, 6.07) is 9.98. The van der Waals surface area contributed by atoms with E-state index in [0.29, 0.717) is 16.6 Å². The largest absolute Gasteiger partial charge is 0.379 e. The summed E-state index contributed by atoms with van der Waals surface area (Å²) >= 11 is 2.88. The Bertz CT molecular complexity index is 922. The number of benzene rings is 1. The molecule has 1 aliphatic rings. The van der Waals surface area contributed by atoms with E-state index in [4.69, 9.17) is 4.74 Å². The molecule has 2 aromatic heterocycles. The van der Waals surface area contributed by atoms with Crippen molar-refractivity contribution < 1.29 is 13.9 Å². The molecule has 1 aromatic carbocycles. The predicted molar refractivity (Wildman–Crippen MR) is 115 cm³/mol. The van der Waals surface area contributed by atoms with E-state index in [1.54, 1.807) is 17.0 Å². The summed E-state index contributed by atoms with van der Waals surface area (Å²) in [6.07, 6.45) is 0.864. The first-order valence-corrected chi connectivity index (χ1v) is 11.3. The molecule has 0 unspecified atom stereocenters. The third-order valence-corrected chi connectivity index (χ3v) is 6.52. The van der Waals surface area contributed by atoms with Gasteiger partial charge >= 0.3 is 0 Å². The zero-order chi connectivity index (χ0) is 20.1. The molecule has 0 aliphatic carbocycles. The fraction of sp³-hybridized carbons (Fsp3) is 0.333. The van der Waals surface area contributed by atoms with E-state index in [1.165, 1.54) is 34.8 Å². The minimum atomic E-state index is -0.276. The topological polar surface area (TPSA) is 45.7 Å². The van der Waals surface area contributed by atoms with Crippen molar-refractivity contribution in [2.45, 2.75) is 6.42 Å². The molecule has 1 fully saturated rings. The number of rotatable bonds is 7. The molecular formula is C21H22FN3O2S2. The molecule has 0 spiro atoms. The number of morpholine rings is 1. The van der Waals surface area contributed by atoms with Crippen molar-refractivity contribution in [2.24, 2.45) is 0 Å². The van der Waals surface area contributed by atoms with Gasteiger partial charge in [-0.05, 0) is 42.1 Å². The summed E-state index contributed by atoms with van der Waals surface area (Å²) in [5.41, 5.74) is 1.59. The number of carbonyl (C=O) groups is 1. The third kappa shape index (κ3) is 5.08. The predicted octanol–water partition coefficient (Wildman–Crippen LogP) is 4.38. The second-order valence-electron chi connectivity index (χ2n) is 6.76. The van der Waals surface area contributed by atoms with Crippen LogP contribution in [-0.4, -0.2) is 55.2 Å². The highest BCUT2D eigenvalue weighted by atomic mass is 32.1. The number of thiazole rings is 1. The van der Waals surface area contributed by atoms with Gasteiger partial charge in [-0.15, -0.1) is 22.7 Å². The molecular weight excluding hydrogens is 409 g/mol. The number of hydrogen-bond acceptors (Lipinski definition) is 6. The van der Waals surface area contributed by atoms with Gasteiger partial charge in [0.05, 0.1) is 23.8 Å². The SMILES string of the molecule is O=C(c1cccs1)N(CCCN1CCOCC1)c1nc(-c2ccc(F)cc2)cs1. The van der Waals surface area contributed by atoms with Gasteiger partial charge in [-0.3, -0.25) is 14.6 Å². The maximum absolute atomic E-state index is 13.2. The van der Waals surface area contributed by atoms with Gasteiger partial charge in [0.25, 0.3) is 5.91 Å². The van der Waals surface area contributed by atoms with Crippen LogP contribution in [0.4, 0.5) is 9.52 Å². The van der Waals surface area contributed by atoms with Crippen LogP contribution >= 0.6 is 22.7 Å². The first-order chi connectivity index (χ1) is 14.2. The normalized spacial score (nSPS) is 14.8. The first-order valence-electron chi connectivity index (χ1n) is 9.57. The highest BCUT2D eigenvalue weighted by Gasteiger charge is 2.22. The monoisotopic (exact) mass is 431 g/mol. The summed E-state index contributed by atoms with van der Waals surface area (Å²) in [7, 11) is 0. The lowest BCUT2D eigenvalue weighted by Crippen LogP contribution is -2.39. The molecule has 8 heteroatoms. The minimum Gasteiger partial charge on any atom is -0.379 e. The summed E-state index contributed by atoms with van der Waals surface area (Å²) in [4.78, 5) is 22.6. The van der Waals surface area contributed by atoms with Gasteiger partial charge in [-0.1, -0.05) is 6.07 Å². The molecule has 3 aromatic rings. The van der Waals surface area contributed by atoms with Gasteiger partial charge in [0.15, 0.2) is 5.13 Å². The second-order valence-corrected chi connectivity index (χ2v) is 8.55. The van der Waals surface area contributed by atoms with Crippen LogP contribution in [0.3, 0.4) is 0 Å². The molecule has 4 rings (SSSR count). The van der Waals surface area contributed by atoms with Crippen molar-refractivity contribution >= 4 is 33.7 Å². The van der Waals surface area contributed by atoms with Gasteiger partial charge in [-0.2, -0.15) is 0 Å². The van der Waals surface area contributed by atoms with E-state index >= 15 is 0 Å². The average molecular weight is 432 g/mol. The van der Waals surface area contributed by atoms with E-state index in [0.717, 1.165) is 50.5 Å². The summed E-state index contributed by atoms with van der Waals surface area (Å²) in [6.45, 7) is 4.94. The van der Waals surface area contributed by atoms with E-state index in [2.05, 4.69) is 9.88 Å². The van der Waals surface area contributed by atoms with Gasteiger partial charge in [-0.25, -0.2) is 9.37 Å². The molecule has 29 heavy (non-hydrogen) atoms. The van der Waals surface area contributed by atoms with Crippen LogP contribution in [0.5, 0.6) is 0 Å². The fourth-order valence-electron chi connectivity index (χ4n) is 3.24. The highest BCUT2D eigenvalue weighted by molar-refractivity contribution is 7.14. The maximum Gasteiger partial charge on any atom is 0.270 e. The molecule has 0 atom stereocenters. The lowest BCUT2D eigenvalue weighted by atomic mass is 10.2. The van der Waals surface area contributed by atoms with Crippen LogP contribution in [-0.2, 0) is 4.74 Å². The third-order valence-electron chi connectivity index (χ3n) is 4.80. The van der Waals surface area contributed by atoms with Crippen molar-refractivity contribution in [3.05, 3.63) is 57.9 Å². The number of aromatic nitrogens is 1. The smallest absolute Gasteiger partial charge is 0.270 e. The van der Waals surface area contributed by atoms with Crippen LogP contribution in [0.15, 0.2) is 47.2 Å². The Morgan fingerprint density at radius 3 is 2.69 bits per heavy atom. The fourth-order valence-corrected chi connectivity index (χ4v) is 4.77. The first kappa shape index (κ1) is 20.2. The summed E-state index contributed by atoms with van der Waals surface area (Å²) in [5.74, 6) is -0.302. The number of carbonyl (C=O) groups excluding carboxylic acids is 1. The number of hydrogen-bond donors (Lipinski definition) is 0. The van der Waals surface area contributed by atoms with Crippen LogP contribution in [0.25, 0.3) is 11.3 Å². The Kier molecular flexibility index (Phi) is 6.66. The molecule has 1 saturated heterocycles. The van der Waals surface area contributed by atoms with Gasteiger partial charge < -0.3 is 4.74 Å². The zero-order valence-electron chi connectivity index (χ0n) is 15.9. The second kappa shape index (κ2) is 9.58. The van der Waals surface area contributed by atoms with Crippen molar-refractivity contribution in [1.29, 1.82) is 0 Å². The van der Waals surface area contributed by atoms with E-state index in [9.17, 15) is 9.18 Å². The van der Waals surface area contributed by atoms with Gasteiger partial charge in [0.1, 0.15) is 5.82 Å². The van der Waals surface area contributed by atoms with E-state index < -0.39 is 0 Å². The van der Waals surface area contributed by atoms with Crippen molar-refractivity contribution in [2.75, 3.05) is 44.3 Å². The molecule has 3 heterocycles. The zero-order valence-corrected chi connectivity index (χ0v) is 17.6. The van der Waals surface area contributed by atoms with Crippen LogP contribution in [0, 0.1) is 5.82 Å². The summed E-state index contributed by atoms with van der Waals surface area (Å²) < 4.78 is 18.6. The lowest BCUT2D eigenvalue weighted by molar-refractivity contribution is 0.0376. The number of thiophene rings is 1. The van der Waals surface area contributed by atoms with Crippen LogP contribution in [0.2, 0.25) is 0 Å². The van der Waals surface area contributed by atoms with Crippen LogP contribution < -0.4 is 4.90 Å². The number of halogens is 1. The van der Waals surface area contributed by atoms with E-state index in [-0.39, 0.29) is 11.7 Å². The number of amides is 1. The molecule has 1 aliphatic heterocycles. The minimum absolute atomic E-state index is 0.0259. The lowest BCUT2D eigenvalue weighted by Gasteiger charge is -2.27. The number of ether oxygens (including phenoxy) is 1. The Morgan fingerprint density at radius 2 is 1.97 bits per heavy atom. The molecule has 0 radical (unpaired) electrons. The molecule has 0 bridgehead atoms. The van der Waals surface area contributed by atoms with Crippen molar-refractivity contribution in [1.82, 2.24) is 9.88 Å². The number of nitrogens with zero attached hydrogens (tertiary/aromatic N) is 3. The maximum atomic E-state index is 13.2. The Morgan fingerprint density at radius 1 is 1.17 bits per heavy atom. The Balaban J connectivity index is 1.50. The number of anilines is 1. The molecule has 0 N–H and O–H groups in total. The van der Waals surface area contributed by atoms with Gasteiger partial charge in [0.2, 0.25) is 0 Å². The Hall–Kier alpha value is -2.13. The molecule has 152 valence electrons.